The third kappa shape index (κ3) is 4.40. The van der Waals surface area contributed by atoms with Gasteiger partial charge in [0.05, 0.1) is 6.10 Å². The lowest BCUT2D eigenvalue weighted by atomic mass is 9.97. The van der Waals surface area contributed by atoms with Crippen LogP contribution in [0.5, 0.6) is 0 Å². The van der Waals surface area contributed by atoms with E-state index in [1.54, 1.807) is 24.1 Å². The van der Waals surface area contributed by atoms with Crippen molar-refractivity contribution in [3.05, 3.63) is 65.8 Å². The van der Waals surface area contributed by atoms with E-state index in [4.69, 9.17) is 9.15 Å². The van der Waals surface area contributed by atoms with Gasteiger partial charge in [0, 0.05) is 32.7 Å². The van der Waals surface area contributed by atoms with Crippen molar-refractivity contribution in [3.63, 3.8) is 0 Å². The predicted molar refractivity (Wildman–Crippen MR) is 107 cm³/mol. The Bertz CT molecular complexity index is 932. The number of fused-ring (bicyclic) bond motifs is 1. The number of oxazole rings is 1. The first kappa shape index (κ1) is 19.4. The first-order valence-corrected chi connectivity index (χ1v) is 9.80. The summed E-state index contributed by atoms with van der Waals surface area (Å²) in [5.41, 5.74) is 2.49. The minimum absolute atomic E-state index is 0.120. The Labute approximate surface area is 168 Å². The number of amides is 2. The largest absolute Gasteiger partial charge is 0.440 e. The molecule has 1 aliphatic rings. The maximum Gasteiger partial charge on any atom is 0.317 e. The smallest absolute Gasteiger partial charge is 0.317 e. The molecule has 0 saturated carbocycles. The van der Waals surface area contributed by atoms with Crippen LogP contribution in [0.15, 0.2) is 52.9 Å². The van der Waals surface area contributed by atoms with Crippen molar-refractivity contribution >= 4 is 17.1 Å². The molecule has 0 radical (unpaired) electrons. The Kier molecular flexibility index (Phi) is 5.76. The van der Waals surface area contributed by atoms with Gasteiger partial charge in [-0.05, 0) is 42.7 Å². The third-order valence-electron chi connectivity index (χ3n) is 5.41. The lowest BCUT2D eigenvalue weighted by Crippen LogP contribution is -2.45. The van der Waals surface area contributed by atoms with Crippen LogP contribution in [0.4, 0.5) is 9.18 Å². The van der Waals surface area contributed by atoms with Gasteiger partial charge in [0.25, 0.3) is 0 Å². The van der Waals surface area contributed by atoms with E-state index < -0.39 is 0 Å². The second-order valence-corrected chi connectivity index (χ2v) is 7.24. The highest BCUT2D eigenvalue weighted by atomic mass is 19.1. The molecule has 1 saturated heterocycles. The number of nitrogens with one attached hydrogen (secondary N) is 1. The monoisotopic (exact) mass is 397 g/mol. The van der Waals surface area contributed by atoms with Gasteiger partial charge >= 0.3 is 6.03 Å². The number of urea groups is 1. The molecule has 0 unspecified atom stereocenters. The number of benzene rings is 2. The lowest BCUT2D eigenvalue weighted by molar-refractivity contribution is 0.100. The van der Waals surface area contributed by atoms with Crippen LogP contribution in [0.1, 0.15) is 36.3 Å². The molecule has 152 valence electrons. The quantitative estimate of drug-likeness (QED) is 0.699. The Hall–Kier alpha value is -2.93. The van der Waals surface area contributed by atoms with Crippen LogP contribution in [-0.4, -0.2) is 42.7 Å². The summed E-state index contributed by atoms with van der Waals surface area (Å²) >= 11 is 0. The molecule has 1 aliphatic heterocycles. The summed E-state index contributed by atoms with van der Waals surface area (Å²) in [7, 11) is 1.58. The molecular weight excluding hydrogens is 373 g/mol. The van der Waals surface area contributed by atoms with Crippen molar-refractivity contribution in [2.24, 2.45) is 0 Å². The van der Waals surface area contributed by atoms with Gasteiger partial charge in [-0.25, -0.2) is 14.2 Å². The van der Waals surface area contributed by atoms with Crippen LogP contribution in [0.2, 0.25) is 0 Å². The van der Waals surface area contributed by atoms with Crippen LogP contribution < -0.4 is 5.32 Å². The number of hydrogen-bond acceptors (Lipinski definition) is 4. The molecule has 3 aromatic rings. The van der Waals surface area contributed by atoms with Gasteiger partial charge in [-0.1, -0.05) is 24.3 Å². The van der Waals surface area contributed by atoms with Crippen molar-refractivity contribution in [3.8, 4) is 0 Å². The van der Waals surface area contributed by atoms with Gasteiger partial charge in [-0.3, -0.25) is 0 Å². The number of hydrogen-bond donors (Lipinski definition) is 1. The summed E-state index contributed by atoms with van der Waals surface area (Å²) in [5.74, 6) is 0.675. The topological polar surface area (TPSA) is 67.6 Å². The maximum absolute atomic E-state index is 13.1. The molecular formula is C22H24FN3O3. The zero-order valence-corrected chi connectivity index (χ0v) is 16.3. The zero-order valence-electron chi connectivity index (χ0n) is 16.3. The molecule has 1 fully saturated rings. The van der Waals surface area contributed by atoms with Crippen molar-refractivity contribution in [1.29, 1.82) is 0 Å². The SMILES string of the molecule is CO[C@@H](CNC(=O)N1CCC(c2nc3ccccc3o2)CC1)c1ccc(F)cc1. The molecule has 0 aliphatic carbocycles. The number of halogens is 1. The number of likely N-dealkylation sites (tertiary alicyclic amines) is 1. The summed E-state index contributed by atoms with van der Waals surface area (Å²) in [6.07, 6.45) is 1.30. The first-order chi connectivity index (χ1) is 14.1. The Morgan fingerprint density at radius 2 is 1.97 bits per heavy atom. The van der Waals surface area contributed by atoms with E-state index in [1.165, 1.54) is 12.1 Å². The summed E-state index contributed by atoms with van der Waals surface area (Å²) in [5, 5.41) is 2.92. The molecule has 29 heavy (non-hydrogen) atoms. The van der Waals surface area contributed by atoms with Crippen LogP contribution in [0, 0.1) is 5.82 Å². The highest BCUT2D eigenvalue weighted by molar-refractivity contribution is 5.74. The third-order valence-corrected chi connectivity index (χ3v) is 5.41. The predicted octanol–water partition coefficient (Wildman–Crippen LogP) is 4.24. The van der Waals surface area contributed by atoms with E-state index in [1.807, 2.05) is 24.3 Å². The first-order valence-electron chi connectivity index (χ1n) is 9.80. The second kappa shape index (κ2) is 8.61. The Balaban J connectivity index is 1.30. The van der Waals surface area contributed by atoms with Crippen LogP contribution in [0.25, 0.3) is 11.1 Å². The number of rotatable bonds is 5. The van der Waals surface area contributed by atoms with E-state index in [0.717, 1.165) is 35.4 Å². The molecule has 7 heteroatoms. The van der Waals surface area contributed by atoms with Crippen LogP contribution >= 0.6 is 0 Å². The minimum atomic E-state index is -0.322. The summed E-state index contributed by atoms with van der Waals surface area (Å²) in [4.78, 5) is 18.9. The molecule has 2 aromatic carbocycles. The number of nitrogens with zero attached hydrogens (tertiary/aromatic N) is 2. The Morgan fingerprint density at radius 3 is 2.66 bits per heavy atom. The van der Waals surface area contributed by atoms with Gasteiger partial charge in [-0.2, -0.15) is 0 Å². The fraction of sp³-hybridized carbons (Fsp3) is 0.364. The standard InChI is InChI=1S/C22H24FN3O3/c1-28-20(15-6-8-17(23)9-7-15)14-24-22(27)26-12-10-16(11-13-26)21-25-18-4-2-3-5-19(18)29-21/h2-9,16,20H,10-14H2,1H3,(H,24,27)/t20-/m0/s1. The number of ether oxygens (including phenoxy) is 1. The average Bonchev–Trinajstić information content (AvgIpc) is 3.19. The molecule has 1 atom stereocenters. The van der Waals surface area contributed by atoms with Crippen molar-refractivity contribution in [1.82, 2.24) is 15.2 Å². The van der Waals surface area contributed by atoms with Gasteiger partial charge in [0.1, 0.15) is 11.3 Å². The highest BCUT2D eigenvalue weighted by Gasteiger charge is 2.27. The molecule has 6 nitrogen and oxygen atoms in total. The normalized spacial score (nSPS) is 16.1. The fourth-order valence-corrected chi connectivity index (χ4v) is 3.70. The number of carbonyl (C=O) groups is 1. The number of carbonyl (C=O) groups excluding carboxylic acids is 1. The van der Waals surface area contributed by atoms with E-state index in [2.05, 4.69) is 10.3 Å². The molecule has 1 N–H and O–H groups in total. The minimum Gasteiger partial charge on any atom is -0.440 e. The second-order valence-electron chi connectivity index (χ2n) is 7.24. The maximum atomic E-state index is 13.1. The Morgan fingerprint density at radius 1 is 1.24 bits per heavy atom. The number of para-hydroxylation sites is 2. The van der Waals surface area contributed by atoms with Crippen LogP contribution in [0.3, 0.4) is 0 Å². The molecule has 1 aromatic heterocycles. The summed E-state index contributed by atoms with van der Waals surface area (Å²) < 4.78 is 24.4. The summed E-state index contributed by atoms with van der Waals surface area (Å²) in [6, 6.07) is 13.7. The van der Waals surface area contributed by atoms with Crippen molar-refractivity contribution in [2.45, 2.75) is 24.9 Å². The van der Waals surface area contributed by atoms with Gasteiger partial charge in [0.2, 0.25) is 0 Å². The molecule has 2 heterocycles. The number of methoxy groups -OCH3 is 1. The lowest BCUT2D eigenvalue weighted by Gasteiger charge is -2.31. The molecule has 4 rings (SSSR count). The average molecular weight is 397 g/mol. The summed E-state index contributed by atoms with van der Waals surface area (Å²) in [6.45, 7) is 1.61. The molecule has 2 amide bonds. The van der Waals surface area contributed by atoms with E-state index in [0.29, 0.717) is 19.6 Å². The fourth-order valence-electron chi connectivity index (χ4n) is 3.70. The van der Waals surface area contributed by atoms with E-state index in [9.17, 15) is 9.18 Å². The van der Waals surface area contributed by atoms with E-state index in [-0.39, 0.29) is 23.9 Å². The highest BCUT2D eigenvalue weighted by Crippen LogP contribution is 2.30. The van der Waals surface area contributed by atoms with Crippen molar-refractivity contribution in [2.75, 3.05) is 26.7 Å². The van der Waals surface area contributed by atoms with Gasteiger partial charge < -0.3 is 19.4 Å². The van der Waals surface area contributed by atoms with Gasteiger partial charge in [0.15, 0.2) is 11.5 Å². The number of piperidine rings is 1. The number of aromatic nitrogens is 1. The van der Waals surface area contributed by atoms with Gasteiger partial charge in [-0.15, -0.1) is 0 Å². The van der Waals surface area contributed by atoms with Crippen LogP contribution in [-0.2, 0) is 4.74 Å². The molecule has 0 spiro atoms. The van der Waals surface area contributed by atoms with E-state index >= 15 is 0 Å². The van der Waals surface area contributed by atoms with Crippen molar-refractivity contribution < 1.29 is 18.3 Å². The zero-order chi connectivity index (χ0) is 20.2. The molecule has 0 bridgehead atoms.